The SMILES string of the molecule is CCOc1ccc(NC(=O)C(CC)n2c(N)nnc2SCc2ccccc2Cl)cc1. The molecular weight excluding hydrogens is 422 g/mol. The molecule has 3 N–H and O–H groups in total. The number of carbonyl (C=O) groups excluding carboxylic acids is 1. The number of hydrogen-bond acceptors (Lipinski definition) is 6. The maximum Gasteiger partial charge on any atom is 0.247 e. The van der Waals surface area contributed by atoms with Gasteiger partial charge in [0, 0.05) is 16.5 Å². The van der Waals surface area contributed by atoms with Crippen LogP contribution in [0.3, 0.4) is 0 Å². The van der Waals surface area contributed by atoms with E-state index in [1.807, 2.05) is 50.2 Å². The molecule has 7 nitrogen and oxygen atoms in total. The van der Waals surface area contributed by atoms with Crippen LogP contribution < -0.4 is 15.8 Å². The van der Waals surface area contributed by atoms with Gasteiger partial charge >= 0.3 is 0 Å². The van der Waals surface area contributed by atoms with E-state index in [2.05, 4.69) is 15.5 Å². The third-order valence-electron chi connectivity index (χ3n) is 4.44. The van der Waals surface area contributed by atoms with Gasteiger partial charge in [0.15, 0.2) is 5.16 Å². The Kier molecular flexibility index (Phi) is 7.59. The molecule has 3 aromatic rings. The average Bonchev–Trinajstić information content (AvgIpc) is 3.10. The van der Waals surface area contributed by atoms with Gasteiger partial charge in [-0.05, 0) is 49.2 Å². The summed E-state index contributed by atoms with van der Waals surface area (Å²) in [5.41, 5.74) is 7.71. The van der Waals surface area contributed by atoms with Crippen molar-refractivity contribution in [2.24, 2.45) is 0 Å². The van der Waals surface area contributed by atoms with Gasteiger partial charge < -0.3 is 15.8 Å². The third kappa shape index (κ3) is 5.25. The molecule has 0 aliphatic carbocycles. The van der Waals surface area contributed by atoms with Gasteiger partial charge in [-0.2, -0.15) is 0 Å². The molecule has 2 aromatic carbocycles. The van der Waals surface area contributed by atoms with E-state index >= 15 is 0 Å². The molecule has 0 bridgehead atoms. The van der Waals surface area contributed by atoms with Crippen molar-refractivity contribution in [1.82, 2.24) is 14.8 Å². The number of amides is 1. The van der Waals surface area contributed by atoms with Crippen LogP contribution in [0.1, 0.15) is 31.9 Å². The summed E-state index contributed by atoms with van der Waals surface area (Å²) in [7, 11) is 0. The number of aromatic nitrogens is 3. The number of anilines is 2. The van der Waals surface area contributed by atoms with Crippen LogP contribution in [0.4, 0.5) is 11.6 Å². The average molecular weight is 446 g/mol. The summed E-state index contributed by atoms with van der Waals surface area (Å²) in [5.74, 6) is 1.36. The zero-order valence-corrected chi connectivity index (χ0v) is 18.4. The zero-order valence-electron chi connectivity index (χ0n) is 16.8. The van der Waals surface area contributed by atoms with Gasteiger partial charge in [-0.1, -0.05) is 48.5 Å². The third-order valence-corrected chi connectivity index (χ3v) is 5.80. The summed E-state index contributed by atoms with van der Waals surface area (Å²) in [5, 5.41) is 12.3. The van der Waals surface area contributed by atoms with Gasteiger partial charge in [0.25, 0.3) is 0 Å². The first-order valence-corrected chi connectivity index (χ1v) is 11.0. The normalized spacial score (nSPS) is 11.8. The van der Waals surface area contributed by atoms with Crippen LogP contribution in [0.15, 0.2) is 53.7 Å². The molecular formula is C21H24ClN5O2S. The first-order valence-electron chi connectivity index (χ1n) is 9.63. The molecule has 0 aliphatic heterocycles. The Morgan fingerprint density at radius 3 is 2.60 bits per heavy atom. The molecule has 0 radical (unpaired) electrons. The molecule has 9 heteroatoms. The van der Waals surface area contributed by atoms with E-state index in [9.17, 15) is 4.79 Å². The number of nitrogens with one attached hydrogen (secondary N) is 1. The molecule has 0 fully saturated rings. The summed E-state index contributed by atoms with van der Waals surface area (Å²) in [6.45, 7) is 4.43. The van der Waals surface area contributed by atoms with E-state index in [4.69, 9.17) is 22.1 Å². The molecule has 1 aromatic heterocycles. The number of hydrogen-bond donors (Lipinski definition) is 2. The van der Waals surface area contributed by atoms with Crippen molar-refractivity contribution in [3.05, 3.63) is 59.1 Å². The van der Waals surface area contributed by atoms with Crippen LogP contribution in [-0.4, -0.2) is 27.3 Å². The van der Waals surface area contributed by atoms with E-state index in [0.29, 0.717) is 34.6 Å². The van der Waals surface area contributed by atoms with Gasteiger partial charge in [-0.15, -0.1) is 10.2 Å². The minimum Gasteiger partial charge on any atom is -0.494 e. The summed E-state index contributed by atoms with van der Waals surface area (Å²) in [6.07, 6.45) is 0.532. The largest absolute Gasteiger partial charge is 0.494 e. The maximum atomic E-state index is 13.0. The standard InChI is InChI=1S/C21H24ClN5O2S/c1-3-18(19(28)24-15-9-11-16(12-10-15)29-4-2)27-20(23)25-26-21(27)30-13-14-7-5-6-8-17(14)22/h5-12,18H,3-4,13H2,1-2H3,(H2,23,25)(H,24,28). The molecule has 158 valence electrons. The molecule has 1 heterocycles. The second kappa shape index (κ2) is 10.4. The second-order valence-electron chi connectivity index (χ2n) is 6.46. The maximum absolute atomic E-state index is 13.0. The number of ether oxygens (including phenoxy) is 1. The van der Waals surface area contributed by atoms with E-state index < -0.39 is 6.04 Å². The molecule has 30 heavy (non-hydrogen) atoms. The first-order chi connectivity index (χ1) is 14.5. The van der Waals surface area contributed by atoms with Gasteiger partial charge in [-0.3, -0.25) is 9.36 Å². The highest BCUT2D eigenvalue weighted by atomic mass is 35.5. The van der Waals surface area contributed by atoms with Gasteiger partial charge in [-0.25, -0.2) is 0 Å². The highest BCUT2D eigenvalue weighted by Crippen LogP contribution is 2.30. The Balaban J connectivity index is 1.74. The molecule has 0 spiro atoms. The van der Waals surface area contributed by atoms with E-state index in [-0.39, 0.29) is 11.9 Å². The zero-order chi connectivity index (χ0) is 21.5. The number of thioether (sulfide) groups is 1. The van der Waals surface area contributed by atoms with E-state index in [1.54, 1.807) is 16.7 Å². The highest BCUT2D eigenvalue weighted by Gasteiger charge is 2.25. The van der Waals surface area contributed by atoms with Crippen LogP contribution in [0, 0.1) is 0 Å². The van der Waals surface area contributed by atoms with Crippen molar-refractivity contribution < 1.29 is 9.53 Å². The molecule has 1 atom stereocenters. The number of nitrogen functional groups attached to an aromatic ring is 1. The number of nitrogens with two attached hydrogens (primary N) is 1. The van der Waals surface area contributed by atoms with Crippen LogP contribution in [0.25, 0.3) is 0 Å². The number of carbonyl (C=O) groups is 1. The fraction of sp³-hybridized carbons (Fsp3) is 0.286. The molecule has 1 unspecified atom stereocenters. The molecule has 1 amide bonds. The van der Waals surface area contributed by atoms with Gasteiger partial charge in [0.2, 0.25) is 11.9 Å². The van der Waals surface area contributed by atoms with Crippen LogP contribution in [-0.2, 0) is 10.5 Å². The number of benzene rings is 2. The molecule has 3 rings (SSSR count). The Hall–Kier alpha value is -2.71. The molecule has 0 saturated heterocycles. The van der Waals surface area contributed by atoms with Crippen molar-refractivity contribution in [3.63, 3.8) is 0 Å². The van der Waals surface area contributed by atoms with E-state index in [1.165, 1.54) is 11.8 Å². The topological polar surface area (TPSA) is 95.1 Å². The lowest BCUT2D eigenvalue weighted by molar-refractivity contribution is -0.119. The Morgan fingerprint density at radius 1 is 1.20 bits per heavy atom. The van der Waals surface area contributed by atoms with Gasteiger partial charge in [0.05, 0.1) is 6.61 Å². The summed E-state index contributed by atoms with van der Waals surface area (Å²) in [6, 6.07) is 14.3. The molecule has 0 aliphatic rings. The minimum atomic E-state index is -0.541. The first kappa shape index (κ1) is 22.0. The van der Waals surface area contributed by atoms with Crippen LogP contribution in [0.5, 0.6) is 5.75 Å². The number of halogens is 1. The summed E-state index contributed by atoms with van der Waals surface area (Å²) in [4.78, 5) is 13.0. The molecule has 0 saturated carbocycles. The summed E-state index contributed by atoms with van der Waals surface area (Å²) < 4.78 is 7.11. The van der Waals surface area contributed by atoms with Crippen molar-refractivity contribution >= 4 is 40.9 Å². The van der Waals surface area contributed by atoms with E-state index in [0.717, 1.165) is 11.3 Å². The quantitative estimate of drug-likeness (QED) is 0.459. The van der Waals surface area contributed by atoms with Crippen molar-refractivity contribution in [2.45, 2.75) is 37.2 Å². The Labute approximate surface area is 185 Å². The number of rotatable bonds is 9. The summed E-state index contributed by atoms with van der Waals surface area (Å²) >= 11 is 7.68. The predicted octanol–water partition coefficient (Wildman–Crippen LogP) is 4.79. The second-order valence-corrected chi connectivity index (χ2v) is 7.81. The van der Waals surface area contributed by atoms with Crippen molar-refractivity contribution in [1.29, 1.82) is 0 Å². The lowest BCUT2D eigenvalue weighted by Gasteiger charge is -2.19. The highest BCUT2D eigenvalue weighted by molar-refractivity contribution is 7.98. The predicted molar refractivity (Wildman–Crippen MR) is 121 cm³/mol. The van der Waals surface area contributed by atoms with Crippen molar-refractivity contribution in [3.8, 4) is 5.75 Å². The number of nitrogens with zero attached hydrogens (tertiary/aromatic N) is 3. The smallest absolute Gasteiger partial charge is 0.247 e. The van der Waals surface area contributed by atoms with Crippen LogP contribution in [0.2, 0.25) is 5.02 Å². The minimum absolute atomic E-state index is 0.187. The Bertz CT molecular complexity index is 993. The van der Waals surface area contributed by atoms with Crippen LogP contribution >= 0.6 is 23.4 Å². The Morgan fingerprint density at radius 2 is 1.93 bits per heavy atom. The van der Waals surface area contributed by atoms with Crippen molar-refractivity contribution in [2.75, 3.05) is 17.7 Å². The lowest BCUT2D eigenvalue weighted by Crippen LogP contribution is -2.27. The lowest BCUT2D eigenvalue weighted by atomic mass is 10.2. The fourth-order valence-electron chi connectivity index (χ4n) is 2.95. The monoisotopic (exact) mass is 445 g/mol. The fourth-order valence-corrected chi connectivity index (χ4v) is 4.23. The van der Waals surface area contributed by atoms with Gasteiger partial charge in [0.1, 0.15) is 11.8 Å².